The molecule has 0 radical (unpaired) electrons. The van der Waals surface area contributed by atoms with Crippen LogP contribution >= 0.6 is 0 Å². The summed E-state index contributed by atoms with van der Waals surface area (Å²) in [6, 6.07) is -0.562. The van der Waals surface area contributed by atoms with Gasteiger partial charge in [0.15, 0.2) is 5.82 Å². The number of nitrogens with two attached hydrogens (primary N) is 2. The van der Waals surface area contributed by atoms with Crippen LogP contribution in [0.3, 0.4) is 0 Å². The Morgan fingerprint density at radius 3 is 2.61 bits per heavy atom. The lowest BCUT2D eigenvalue weighted by atomic mass is 9.95. The third kappa shape index (κ3) is 3.26. The standard InChI is InChI=1S/C22H28F2N4O3/c1-3-4-14-11(8-25)5-6-27(14)20-10(2)19-16(18(26)17(20)24)21(29)12(22(30)31)9-28(19)15-7-13(15)23/h9,11,13-15H,3-8,25-26H2,1-2H3,(H,30,31)/t11-,13+,14?,15-/m1/s1. The quantitative estimate of drug-likeness (QED) is 0.602. The summed E-state index contributed by atoms with van der Waals surface area (Å²) in [5, 5.41) is 9.27. The number of aromatic carboxylic acids is 1. The molecule has 1 saturated heterocycles. The van der Waals surface area contributed by atoms with Crippen molar-refractivity contribution in [2.45, 2.75) is 57.8 Å². The largest absolute Gasteiger partial charge is 0.477 e. The second kappa shape index (κ2) is 7.78. The maximum absolute atomic E-state index is 15.7. The Morgan fingerprint density at radius 2 is 2.06 bits per heavy atom. The molecule has 1 aliphatic carbocycles. The lowest BCUT2D eigenvalue weighted by Crippen LogP contribution is -2.36. The van der Waals surface area contributed by atoms with E-state index in [0.29, 0.717) is 29.9 Å². The molecule has 1 aromatic heterocycles. The summed E-state index contributed by atoms with van der Waals surface area (Å²) in [5.74, 6) is -1.97. The van der Waals surface area contributed by atoms with Gasteiger partial charge in [0.2, 0.25) is 5.43 Å². The number of hydrogen-bond donors (Lipinski definition) is 3. The molecule has 0 amide bonds. The Morgan fingerprint density at radius 1 is 1.39 bits per heavy atom. The fourth-order valence-electron chi connectivity index (χ4n) is 5.13. The lowest BCUT2D eigenvalue weighted by molar-refractivity contribution is 0.0694. The normalized spacial score (nSPS) is 25.4. The lowest BCUT2D eigenvalue weighted by Gasteiger charge is -2.32. The molecule has 31 heavy (non-hydrogen) atoms. The van der Waals surface area contributed by atoms with E-state index in [1.165, 1.54) is 10.8 Å². The van der Waals surface area contributed by atoms with Crippen LogP contribution in [-0.4, -0.2) is 40.9 Å². The van der Waals surface area contributed by atoms with E-state index < -0.39 is 35.0 Å². The summed E-state index contributed by atoms with van der Waals surface area (Å²) < 4.78 is 31.1. The first-order chi connectivity index (χ1) is 14.7. The van der Waals surface area contributed by atoms with E-state index in [0.717, 1.165) is 19.3 Å². The minimum atomic E-state index is -1.45. The number of anilines is 2. The zero-order chi connectivity index (χ0) is 22.6. The van der Waals surface area contributed by atoms with Crippen molar-refractivity contribution in [1.29, 1.82) is 0 Å². The Labute approximate surface area is 178 Å². The third-order valence-electron chi connectivity index (χ3n) is 6.79. The molecule has 4 atom stereocenters. The second-order valence-corrected chi connectivity index (χ2v) is 8.66. The molecule has 1 saturated carbocycles. The minimum Gasteiger partial charge on any atom is -0.477 e. The monoisotopic (exact) mass is 434 g/mol. The number of aromatic nitrogens is 1. The highest BCUT2D eigenvalue weighted by molar-refractivity contribution is 6.01. The van der Waals surface area contributed by atoms with Gasteiger partial charge in [-0.05, 0) is 37.8 Å². The van der Waals surface area contributed by atoms with Crippen molar-refractivity contribution in [1.82, 2.24) is 4.57 Å². The number of nitrogens with zero attached hydrogens (tertiary/aromatic N) is 2. The van der Waals surface area contributed by atoms with Crippen molar-refractivity contribution in [3.8, 4) is 0 Å². The molecule has 9 heteroatoms. The van der Waals surface area contributed by atoms with Crippen LogP contribution in [0.4, 0.5) is 20.2 Å². The van der Waals surface area contributed by atoms with Gasteiger partial charge in [-0.3, -0.25) is 4.79 Å². The van der Waals surface area contributed by atoms with E-state index in [1.54, 1.807) is 6.92 Å². The molecule has 7 nitrogen and oxygen atoms in total. The molecule has 1 aliphatic heterocycles. The first kappa shape index (κ1) is 21.5. The highest BCUT2D eigenvalue weighted by atomic mass is 19.1. The number of carboxylic acids is 1. The van der Waals surface area contributed by atoms with Crippen LogP contribution in [0.25, 0.3) is 10.9 Å². The Hall–Kier alpha value is -2.68. The zero-order valence-corrected chi connectivity index (χ0v) is 17.7. The van der Waals surface area contributed by atoms with Crippen LogP contribution in [-0.2, 0) is 0 Å². The molecule has 2 aliphatic rings. The van der Waals surface area contributed by atoms with Gasteiger partial charge < -0.3 is 26.0 Å². The molecule has 0 bridgehead atoms. The minimum absolute atomic E-state index is 0.0355. The third-order valence-corrected chi connectivity index (χ3v) is 6.79. The van der Waals surface area contributed by atoms with Gasteiger partial charge >= 0.3 is 5.97 Å². The van der Waals surface area contributed by atoms with E-state index in [9.17, 15) is 19.1 Å². The smallest absolute Gasteiger partial charge is 0.341 e. The fourth-order valence-corrected chi connectivity index (χ4v) is 5.13. The van der Waals surface area contributed by atoms with E-state index in [1.807, 2.05) is 4.90 Å². The molecule has 4 rings (SSSR count). The van der Waals surface area contributed by atoms with E-state index in [2.05, 4.69) is 6.92 Å². The molecular formula is C22H28F2N4O3. The number of nitrogen functional groups attached to an aromatic ring is 1. The van der Waals surface area contributed by atoms with Gasteiger partial charge in [0.25, 0.3) is 0 Å². The number of benzene rings is 1. The Kier molecular flexibility index (Phi) is 5.41. The van der Waals surface area contributed by atoms with Gasteiger partial charge in [-0.25, -0.2) is 13.6 Å². The van der Waals surface area contributed by atoms with Crippen LogP contribution in [0, 0.1) is 18.7 Å². The van der Waals surface area contributed by atoms with Crippen molar-refractivity contribution in [3.63, 3.8) is 0 Å². The van der Waals surface area contributed by atoms with Crippen molar-refractivity contribution in [2.24, 2.45) is 11.7 Å². The van der Waals surface area contributed by atoms with E-state index in [-0.39, 0.29) is 29.5 Å². The number of aryl methyl sites for hydroxylation is 1. The SMILES string of the molecule is CCCC1[C@@H](CN)CCN1c1c(F)c(N)c2c(=O)c(C(=O)O)cn([C@@H]3C[C@@H]3F)c2c1C. The van der Waals surface area contributed by atoms with Crippen molar-refractivity contribution in [2.75, 3.05) is 23.7 Å². The van der Waals surface area contributed by atoms with E-state index in [4.69, 9.17) is 11.5 Å². The van der Waals surface area contributed by atoms with Gasteiger partial charge in [-0.2, -0.15) is 0 Å². The molecule has 5 N–H and O–H groups in total. The number of halogens is 2. The fraction of sp³-hybridized carbons (Fsp3) is 0.545. The number of fused-ring (bicyclic) bond motifs is 1. The van der Waals surface area contributed by atoms with Crippen molar-refractivity contribution < 1.29 is 18.7 Å². The number of carboxylic acid groups (broad SMARTS) is 1. The van der Waals surface area contributed by atoms with Crippen molar-refractivity contribution in [3.05, 3.63) is 33.4 Å². The Bertz CT molecular complexity index is 1120. The van der Waals surface area contributed by atoms with Crippen LogP contribution in [0.1, 0.15) is 54.6 Å². The van der Waals surface area contributed by atoms with Gasteiger partial charge in [0, 0.05) is 25.2 Å². The summed E-state index contributed by atoms with van der Waals surface area (Å²) in [6.45, 7) is 4.83. The molecule has 2 fully saturated rings. The molecule has 2 heterocycles. The maximum atomic E-state index is 15.7. The molecular weight excluding hydrogens is 406 g/mol. The maximum Gasteiger partial charge on any atom is 0.341 e. The van der Waals surface area contributed by atoms with Crippen LogP contribution in [0.5, 0.6) is 0 Å². The van der Waals surface area contributed by atoms with Crippen LogP contribution in [0.2, 0.25) is 0 Å². The first-order valence-electron chi connectivity index (χ1n) is 10.7. The number of rotatable bonds is 6. The topological polar surface area (TPSA) is 115 Å². The molecule has 168 valence electrons. The van der Waals surface area contributed by atoms with E-state index >= 15 is 4.39 Å². The summed E-state index contributed by atoms with van der Waals surface area (Å²) in [5.41, 5.74) is 11.3. The average Bonchev–Trinajstić information content (AvgIpc) is 3.32. The summed E-state index contributed by atoms with van der Waals surface area (Å²) in [4.78, 5) is 26.5. The van der Waals surface area contributed by atoms with Gasteiger partial charge in [-0.15, -0.1) is 0 Å². The van der Waals surface area contributed by atoms with Gasteiger partial charge in [0.05, 0.1) is 28.3 Å². The number of pyridine rings is 1. The highest BCUT2D eigenvalue weighted by Crippen LogP contribution is 2.45. The Balaban J connectivity index is 2.03. The predicted molar refractivity (Wildman–Crippen MR) is 116 cm³/mol. The van der Waals surface area contributed by atoms with Crippen LogP contribution in [0.15, 0.2) is 11.0 Å². The molecule has 0 spiro atoms. The zero-order valence-electron chi connectivity index (χ0n) is 17.7. The predicted octanol–water partition coefficient (Wildman–Crippen LogP) is 2.97. The number of alkyl halides is 1. The van der Waals surface area contributed by atoms with Crippen LogP contribution < -0.4 is 21.8 Å². The summed E-state index contributed by atoms with van der Waals surface area (Å²) in [6.07, 6.45) is 2.78. The first-order valence-corrected chi connectivity index (χ1v) is 10.7. The summed E-state index contributed by atoms with van der Waals surface area (Å²) in [7, 11) is 0. The number of hydrogen-bond acceptors (Lipinski definition) is 5. The second-order valence-electron chi connectivity index (χ2n) is 8.66. The summed E-state index contributed by atoms with van der Waals surface area (Å²) >= 11 is 0. The molecule has 2 aromatic rings. The number of carbonyl (C=O) groups is 1. The molecule has 1 unspecified atom stereocenters. The average molecular weight is 434 g/mol. The van der Waals surface area contributed by atoms with Gasteiger partial charge in [0.1, 0.15) is 11.7 Å². The molecule has 1 aromatic carbocycles. The van der Waals surface area contributed by atoms with Gasteiger partial charge in [-0.1, -0.05) is 13.3 Å². The van der Waals surface area contributed by atoms with Crippen molar-refractivity contribution >= 4 is 28.2 Å². The highest BCUT2D eigenvalue weighted by Gasteiger charge is 2.42.